The number of carbonyl (C=O) groups excluding carboxylic acids is 1. The number of benzene rings is 2. The van der Waals surface area contributed by atoms with Gasteiger partial charge in [0.1, 0.15) is 17.4 Å². The van der Waals surface area contributed by atoms with E-state index >= 15 is 0 Å². The molecule has 49 heavy (non-hydrogen) atoms. The molecule has 2 aromatic carbocycles. The molecule has 0 spiro atoms. The highest BCUT2D eigenvalue weighted by molar-refractivity contribution is 5.77. The standard InChI is InChI=1S/C35H37F6N3O5/c1-19(32(46)24-12-25(35(39,40)41)15-26(36)13-24)44(20(2)45)16-29-27(9-11-31(42-29)43-17-34(37,38)18-43)28-14-23(8-10-30(28)49-3)21-4-6-22(7-5-21)33(47)48/h8-15,19,21-22,32,46H,4-7,16-18H2,1-3H3,(H,47,48)/t19-,21?,22?,32-/m0/s1. The van der Waals surface area contributed by atoms with Gasteiger partial charge >= 0.3 is 12.1 Å². The Hall–Kier alpha value is -4.33. The van der Waals surface area contributed by atoms with E-state index in [1.807, 2.05) is 12.1 Å². The Morgan fingerprint density at radius 1 is 1.04 bits per heavy atom. The molecule has 1 aromatic heterocycles. The molecule has 3 aromatic rings. The normalized spacial score (nSPS) is 20.2. The average Bonchev–Trinajstić information content (AvgIpc) is 3.04. The van der Waals surface area contributed by atoms with Crippen molar-refractivity contribution in [3.8, 4) is 16.9 Å². The van der Waals surface area contributed by atoms with Crippen molar-refractivity contribution in [2.24, 2.45) is 5.92 Å². The summed E-state index contributed by atoms with van der Waals surface area (Å²) >= 11 is 0. The third-order valence-corrected chi connectivity index (χ3v) is 9.45. The van der Waals surface area contributed by atoms with Crippen molar-refractivity contribution in [2.45, 2.75) is 76.2 Å². The van der Waals surface area contributed by atoms with Gasteiger partial charge in [0.25, 0.3) is 5.92 Å². The van der Waals surface area contributed by atoms with Gasteiger partial charge in [-0.3, -0.25) is 9.59 Å². The quantitative estimate of drug-likeness (QED) is 0.217. The van der Waals surface area contributed by atoms with E-state index in [0.29, 0.717) is 54.7 Å². The highest BCUT2D eigenvalue weighted by Crippen LogP contribution is 2.42. The van der Waals surface area contributed by atoms with E-state index in [1.54, 1.807) is 18.2 Å². The first-order valence-electron chi connectivity index (χ1n) is 15.8. The van der Waals surface area contributed by atoms with E-state index in [0.717, 1.165) is 11.6 Å². The number of hydrogen-bond acceptors (Lipinski definition) is 6. The molecule has 0 unspecified atom stereocenters. The molecule has 0 radical (unpaired) electrons. The molecule has 5 rings (SSSR count). The molecule has 0 bridgehead atoms. The predicted octanol–water partition coefficient (Wildman–Crippen LogP) is 7.20. The number of aliphatic hydroxyl groups excluding tert-OH is 1. The van der Waals surface area contributed by atoms with Gasteiger partial charge in [0.15, 0.2) is 0 Å². The lowest BCUT2D eigenvalue weighted by Gasteiger charge is -2.40. The number of nitrogens with zero attached hydrogens (tertiary/aromatic N) is 3. The Balaban J connectivity index is 1.53. The molecule has 2 heterocycles. The van der Waals surface area contributed by atoms with E-state index in [-0.39, 0.29) is 29.5 Å². The summed E-state index contributed by atoms with van der Waals surface area (Å²) in [7, 11) is 1.47. The summed E-state index contributed by atoms with van der Waals surface area (Å²) in [6.45, 7) is 1.18. The molecule has 2 N–H and O–H groups in total. The van der Waals surface area contributed by atoms with Gasteiger partial charge in [-0.1, -0.05) is 6.07 Å². The number of hydrogen-bond donors (Lipinski definition) is 2. The van der Waals surface area contributed by atoms with Crippen LogP contribution >= 0.6 is 0 Å². The van der Waals surface area contributed by atoms with Crippen LogP contribution in [0.2, 0.25) is 0 Å². The summed E-state index contributed by atoms with van der Waals surface area (Å²) in [5, 5.41) is 20.6. The first-order valence-corrected chi connectivity index (χ1v) is 15.8. The molecule has 8 nitrogen and oxygen atoms in total. The van der Waals surface area contributed by atoms with Gasteiger partial charge in [0, 0.05) is 18.1 Å². The van der Waals surface area contributed by atoms with Crippen LogP contribution in [-0.2, 0) is 22.3 Å². The number of anilines is 1. The van der Waals surface area contributed by atoms with Crippen molar-refractivity contribution in [1.29, 1.82) is 0 Å². The number of methoxy groups -OCH3 is 1. The summed E-state index contributed by atoms with van der Waals surface area (Å²) in [5.41, 5.74) is 0.530. The number of halogens is 6. The summed E-state index contributed by atoms with van der Waals surface area (Å²) < 4.78 is 87.8. The van der Waals surface area contributed by atoms with Crippen LogP contribution in [0.15, 0.2) is 48.5 Å². The third kappa shape index (κ3) is 7.95. The molecule has 1 aliphatic carbocycles. The van der Waals surface area contributed by atoms with Crippen molar-refractivity contribution in [2.75, 3.05) is 25.1 Å². The zero-order valence-corrected chi connectivity index (χ0v) is 27.1. The van der Waals surface area contributed by atoms with Crippen molar-refractivity contribution < 1.29 is 50.9 Å². The number of rotatable bonds is 10. The zero-order chi connectivity index (χ0) is 35.8. The Labute approximate surface area is 279 Å². The first-order chi connectivity index (χ1) is 23.0. The number of pyridine rings is 1. The SMILES string of the molecule is COc1ccc(C2CCC(C(=O)O)CC2)cc1-c1ccc(N2CC(F)(F)C2)nc1CN(C(C)=O)[C@@H](C)[C@H](O)c1cc(F)cc(C(F)(F)F)c1. The summed E-state index contributed by atoms with van der Waals surface area (Å²) in [5.74, 6) is -5.20. The third-order valence-electron chi connectivity index (χ3n) is 9.45. The minimum atomic E-state index is -4.88. The van der Waals surface area contributed by atoms with Gasteiger partial charge in [-0.15, -0.1) is 0 Å². The number of aliphatic carboxylic acids is 1. The molecule has 264 valence electrons. The fourth-order valence-corrected chi connectivity index (χ4v) is 6.67. The number of carboxylic acid groups (broad SMARTS) is 1. The van der Waals surface area contributed by atoms with Gasteiger partial charge in [-0.05, 0) is 92.1 Å². The molecular formula is C35H37F6N3O5. The summed E-state index contributed by atoms with van der Waals surface area (Å²) in [6.07, 6.45) is -4.27. The van der Waals surface area contributed by atoms with Gasteiger partial charge in [0.05, 0.1) is 56.1 Å². The molecule has 2 aliphatic rings. The largest absolute Gasteiger partial charge is 0.496 e. The molecule has 1 aliphatic heterocycles. The number of aliphatic hydroxyl groups is 1. The van der Waals surface area contributed by atoms with E-state index in [1.165, 1.54) is 30.8 Å². The maximum Gasteiger partial charge on any atom is 0.416 e. The summed E-state index contributed by atoms with van der Waals surface area (Å²) in [4.78, 5) is 31.8. The molecule has 1 saturated heterocycles. The maximum atomic E-state index is 14.2. The first kappa shape index (κ1) is 36.0. The van der Waals surface area contributed by atoms with Crippen LogP contribution in [0.3, 0.4) is 0 Å². The number of amides is 1. The molecule has 1 amide bonds. The Bertz CT molecular complexity index is 1700. The number of ether oxygens (including phenoxy) is 1. The van der Waals surface area contributed by atoms with E-state index < -0.39 is 66.5 Å². The summed E-state index contributed by atoms with van der Waals surface area (Å²) in [6, 6.07) is 9.31. The Kier molecular flexibility index (Phi) is 10.2. The van der Waals surface area contributed by atoms with Crippen LogP contribution in [0.5, 0.6) is 5.75 Å². The lowest BCUT2D eigenvalue weighted by atomic mass is 9.78. The predicted molar refractivity (Wildman–Crippen MR) is 168 cm³/mol. The van der Waals surface area contributed by atoms with Gasteiger partial charge in [-0.2, -0.15) is 13.2 Å². The van der Waals surface area contributed by atoms with Crippen LogP contribution < -0.4 is 9.64 Å². The average molecular weight is 694 g/mol. The number of alkyl halides is 5. The molecule has 1 saturated carbocycles. The van der Waals surface area contributed by atoms with Gasteiger partial charge in [-0.25, -0.2) is 18.2 Å². The van der Waals surface area contributed by atoms with E-state index in [9.17, 15) is 46.1 Å². The fraction of sp³-hybridized carbons (Fsp3) is 0.457. The van der Waals surface area contributed by atoms with Crippen molar-refractivity contribution in [3.63, 3.8) is 0 Å². The number of carboxylic acids is 1. The van der Waals surface area contributed by atoms with Crippen molar-refractivity contribution in [1.82, 2.24) is 9.88 Å². The van der Waals surface area contributed by atoms with Crippen LogP contribution in [0.4, 0.5) is 32.2 Å². The second kappa shape index (κ2) is 13.9. The second-order valence-electron chi connectivity index (χ2n) is 12.8. The fourth-order valence-electron chi connectivity index (χ4n) is 6.67. The van der Waals surface area contributed by atoms with Crippen molar-refractivity contribution >= 4 is 17.7 Å². The minimum absolute atomic E-state index is 0.0657. The molecule has 2 atom stereocenters. The van der Waals surface area contributed by atoms with E-state index in [4.69, 9.17) is 4.74 Å². The van der Waals surface area contributed by atoms with Crippen LogP contribution in [0.25, 0.3) is 11.1 Å². The topological polar surface area (TPSA) is 103 Å². The number of carbonyl (C=O) groups is 2. The smallest absolute Gasteiger partial charge is 0.416 e. The Morgan fingerprint density at radius 3 is 2.29 bits per heavy atom. The highest BCUT2D eigenvalue weighted by Gasteiger charge is 2.44. The highest BCUT2D eigenvalue weighted by atomic mass is 19.4. The van der Waals surface area contributed by atoms with Crippen LogP contribution in [0, 0.1) is 11.7 Å². The van der Waals surface area contributed by atoms with Gasteiger partial charge in [0.2, 0.25) is 5.91 Å². The zero-order valence-electron chi connectivity index (χ0n) is 27.1. The van der Waals surface area contributed by atoms with Crippen LogP contribution in [0.1, 0.15) is 73.9 Å². The molecule has 2 fully saturated rings. The van der Waals surface area contributed by atoms with Crippen LogP contribution in [-0.4, -0.2) is 64.1 Å². The van der Waals surface area contributed by atoms with Gasteiger partial charge < -0.3 is 24.7 Å². The lowest BCUT2D eigenvalue weighted by molar-refractivity contribution is -0.143. The Morgan fingerprint density at radius 2 is 1.71 bits per heavy atom. The van der Waals surface area contributed by atoms with E-state index in [2.05, 4.69) is 4.98 Å². The van der Waals surface area contributed by atoms with Crippen molar-refractivity contribution in [3.05, 3.63) is 76.7 Å². The molecule has 14 heteroatoms. The molecular weight excluding hydrogens is 656 g/mol. The maximum absolute atomic E-state index is 14.2. The minimum Gasteiger partial charge on any atom is -0.496 e. The monoisotopic (exact) mass is 693 g/mol. The second-order valence-corrected chi connectivity index (χ2v) is 12.8. The number of aromatic nitrogens is 1. The lowest BCUT2D eigenvalue weighted by Crippen LogP contribution is -2.56.